The number of carbonyl (C=O) groups excluding carboxylic acids is 1. The number of ketones is 1. The zero-order valence-electron chi connectivity index (χ0n) is 10.5. The van der Waals surface area contributed by atoms with E-state index in [1.165, 1.54) is 0 Å². The van der Waals surface area contributed by atoms with Crippen LogP contribution in [0.5, 0.6) is 5.75 Å². The first-order valence-electron chi connectivity index (χ1n) is 5.86. The van der Waals surface area contributed by atoms with Gasteiger partial charge in [0.1, 0.15) is 17.4 Å². The molecule has 2 rings (SSSR count). The van der Waals surface area contributed by atoms with E-state index in [0.29, 0.717) is 12.2 Å². The molecule has 1 heterocycles. The van der Waals surface area contributed by atoms with Crippen molar-refractivity contribution < 1.29 is 9.53 Å². The van der Waals surface area contributed by atoms with E-state index in [1.807, 2.05) is 43.5 Å². The Kier molecular flexibility index (Phi) is 4.10. The van der Waals surface area contributed by atoms with Gasteiger partial charge in [0.25, 0.3) is 0 Å². The van der Waals surface area contributed by atoms with Crippen molar-refractivity contribution in [3.8, 4) is 16.3 Å². The van der Waals surface area contributed by atoms with Gasteiger partial charge in [-0.2, -0.15) is 0 Å². The molecule has 3 nitrogen and oxygen atoms in total. The number of aryl methyl sites for hydroxylation is 1. The van der Waals surface area contributed by atoms with E-state index in [4.69, 9.17) is 4.74 Å². The number of hydrogen-bond donors (Lipinski definition) is 0. The van der Waals surface area contributed by atoms with Crippen molar-refractivity contribution in [2.75, 3.05) is 6.61 Å². The van der Waals surface area contributed by atoms with Crippen molar-refractivity contribution in [3.63, 3.8) is 0 Å². The number of nitrogens with zero attached hydrogens (tertiary/aromatic N) is 1. The van der Waals surface area contributed by atoms with Crippen molar-refractivity contribution in [3.05, 3.63) is 35.3 Å². The summed E-state index contributed by atoms with van der Waals surface area (Å²) in [5.74, 6) is 0.823. The maximum absolute atomic E-state index is 11.1. The molecule has 0 radical (unpaired) electrons. The van der Waals surface area contributed by atoms with Gasteiger partial charge >= 0.3 is 0 Å². The molecule has 0 aliphatic carbocycles. The van der Waals surface area contributed by atoms with Crippen LogP contribution in [0.25, 0.3) is 10.6 Å². The molecule has 0 aliphatic rings. The summed E-state index contributed by atoms with van der Waals surface area (Å²) < 4.78 is 5.39. The maximum atomic E-state index is 11.1. The Labute approximate surface area is 110 Å². The van der Waals surface area contributed by atoms with Gasteiger partial charge in [0.15, 0.2) is 5.78 Å². The lowest BCUT2D eigenvalue weighted by Gasteiger charge is -2.04. The molecule has 0 unspecified atom stereocenters. The van der Waals surface area contributed by atoms with Crippen LogP contribution in [-0.4, -0.2) is 17.4 Å². The number of ether oxygens (including phenoxy) is 1. The minimum absolute atomic E-state index is 0.106. The van der Waals surface area contributed by atoms with Crippen LogP contribution in [0.2, 0.25) is 0 Å². The standard InChI is InChI=1S/C14H15NO2S/c1-3-12(16)8-17-13-6-4-11(5-7-13)14-15-10(2)9-18-14/h4-7,9H,3,8H2,1-2H3. The summed E-state index contributed by atoms with van der Waals surface area (Å²) in [5, 5.41) is 3.03. The first-order valence-corrected chi connectivity index (χ1v) is 6.74. The zero-order chi connectivity index (χ0) is 13.0. The molecule has 0 fully saturated rings. The molecule has 0 atom stereocenters. The predicted octanol–water partition coefficient (Wildman–Crippen LogP) is 3.48. The molecule has 0 saturated heterocycles. The Morgan fingerprint density at radius 2 is 2.06 bits per heavy atom. The number of carbonyl (C=O) groups is 1. The third kappa shape index (κ3) is 3.17. The van der Waals surface area contributed by atoms with Crippen LogP contribution in [0.4, 0.5) is 0 Å². The summed E-state index contributed by atoms with van der Waals surface area (Å²) in [6, 6.07) is 7.66. The molecule has 18 heavy (non-hydrogen) atoms. The van der Waals surface area contributed by atoms with Crippen LogP contribution < -0.4 is 4.74 Å². The van der Waals surface area contributed by atoms with E-state index in [2.05, 4.69) is 4.98 Å². The maximum Gasteiger partial charge on any atom is 0.169 e. The van der Waals surface area contributed by atoms with Gasteiger partial charge in [-0.1, -0.05) is 6.92 Å². The van der Waals surface area contributed by atoms with Crippen LogP contribution in [0, 0.1) is 6.92 Å². The van der Waals surface area contributed by atoms with Gasteiger partial charge in [0.2, 0.25) is 0 Å². The van der Waals surface area contributed by atoms with Gasteiger partial charge in [-0.05, 0) is 31.2 Å². The Morgan fingerprint density at radius 1 is 1.33 bits per heavy atom. The van der Waals surface area contributed by atoms with E-state index in [9.17, 15) is 4.79 Å². The molecular formula is C14H15NO2S. The lowest BCUT2D eigenvalue weighted by molar-refractivity contribution is -0.120. The molecule has 1 aromatic heterocycles. The van der Waals surface area contributed by atoms with Gasteiger partial charge in [-0.3, -0.25) is 4.79 Å². The van der Waals surface area contributed by atoms with Gasteiger partial charge in [-0.25, -0.2) is 4.98 Å². The van der Waals surface area contributed by atoms with Crippen LogP contribution >= 0.6 is 11.3 Å². The first-order chi connectivity index (χ1) is 8.69. The smallest absolute Gasteiger partial charge is 0.169 e. The van der Waals surface area contributed by atoms with Gasteiger partial charge in [0, 0.05) is 23.1 Å². The van der Waals surface area contributed by atoms with Gasteiger partial charge in [0.05, 0.1) is 0 Å². The van der Waals surface area contributed by atoms with Crippen molar-refractivity contribution in [1.29, 1.82) is 0 Å². The third-order valence-electron chi connectivity index (χ3n) is 2.51. The highest BCUT2D eigenvalue weighted by molar-refractivity contribution is 7.13. The average Bonchev–Trinajstić information content (AvgIpc) is 2.83. The predicted molar refractivity (Wildman–Crippen MR) is 73.1 cm³/mol. The highest BCUT2D eigenvalue weighted by Crippen LogP contribution is 2.25. The summed E-state index contributed by atoms with van der Waals surface area (Å²) >= 11 is 1.62. The highest BCUT2D eigenvalue weighted by atomic mass is 32.1. The van der Waals surface area contributed by atoms with Gasteiger partial charge in [-0.15, -0.1) is 11.3 Å². The number of thiazole rings is 1. The monoisotopic (exact) mass is 261 g/mol. The lowest BCUT2D eigenvalue weighted by atomic mass is 10.2. The van der Waals surface area contributed by atoms with Crippen molar-refractivity contribution in [2.45, 2.75) is 20.3 Å². The minimum Gasteiger partial charge on any atom is -0.486 e. The number of Topliss-reactive ketones (excluding diaryl/α,β-unsaturated/α-hetero) is 1. The molecule has 0 spiro atoms. The fourth-order valence-electron chi connectivity index (χ4n) is 1.45. The summed E-state index contributed by atoms with van der Waals surface area (Å²) in [5.41, 5.74) is 2.10. The normalized spacial score (nSPS) is 10.3. The van der Waals surface area contributed by atoms with E-state index >= 15 is 0 Å². The molecule has 0 N–H and O–H groups in total. The van der Waals surface area contributed by atoms with E-state index in [1.54, 1.807) is 11.3 Å². The Bertz CT molecular complexity index is 531. The average molecular weight is 261 g/mol. The largest absolute Gasteiger partial charge is 0.486 e. The third-order valence-corrected chi connectivity index (χ3v) is 3.52. The Hall–Kier alpha value is -1.68. The SMILES string of the molecule is CCC(=O)COc1ccc(-c2nc(C)cs2)cc1. The quantitative estimate of drug-likeness (QED) is 0.827. The molecule has 0 bridgehead atoms. The number of aromatic nitrogens is 1. The molecule has 0 aliphatic heterocycles. The molecule has 0 amide bonds. The Balaban J connectivity index is 2.03. The Morgan fingerprint density at radius 3 is 2.61 bits per heavy atom. The first kappa shape index (κ1) is 12.8. The lowest BCUT2D eigenvalue weighted by Crippen LogP contribution is -2.09. The molecule has 94 valence electrons. The second-order valence-corrected chi connectivity index (χ2v) is 4.86. The van der Waals surface area contributed by atoms with Gasteiger partial charge < -0.3 is 4.74 Å². The number of rotatable bonds is 5. The van der Waals surface area contributed by atoms with Crippen LogP contribution in [-0.2, 0) is 4.79 Å². The minimum atomic E-state index is 0.106. The molecular weight excluding hydrogens is 246 g/mol. The van der Waals surface area contributed by atoms with Crippen molar-refractivity contribution >= 4 is 17.1 Å². The molecule has 4 heteroatoms. The fourth-order valence-corrected chi connectivity index (χ4v) is 2.25. The topological polar surface area (TPSA) is 39.2 Å². The molecule has 0 saturated carbocycles. The number of hydrogen-bond acceptors (Lipinski definition) is 4. The summed E-state index contributed by atoms with van der Waals surface area (Å²) in [7, 11) is 0. The fraction of sp³-hybridized carbons (Fsp3) is 0.286. The van der Waals surface area contributed by atoms with E-state index in [0.717, 1.165) is 16.3 Å². The van der Waals surface area contributed by atoms with Crippen molar-refractivity contribution in [2.24, 2.45) is 0 Å². The van der Waals surface area contributed by atoms with Crippen LogP contribution in [0.15, 0.2) is 29.6 Å². The second kappa shape index (κ2) is 5.78. The summed E-state index contributed by atoms with van der Waals surface area (Å²) in [6.45, 7) is 3.96. The number of benzene rings is 1. The summed E-state index contributed by atoms with van der Waals surface area (Å²) in [4.78, 5) is 15.6. The molecule has 1 aromatic carbocycles. The van der Waals surface area contributed by atoms with Crippen LogP contribution in [0.3, 0.4) is 0 Å². The van der Waals surface area contributed by atoms with Crippen LogP contribution in [0.1, 0.15) is 19.0 Å². The molecule has 2 aromatic rings. The van der Waals surface area contributed by atoms with E-state index < -0.39 is 0 Å². The second-order valence-electron chi connectivity index (χ2n) is 4.00. The summed E-state index contributed by atoms with van der Waals surface area (Å²) in [6.07, 6.45) is 0.510. The highest BCUT2D eigenvalue weighted by Gasteiger charge is 2.04. The zero-order valence-corrected chi connectivity index (χ0v) is 11.3. The van der Waals surface area contributed by atoms with E-state index in [-0.39, 0.29) is 12.4 Å². The van der Waals surface area contributed by atoms with Crippen molar-refractivity contribution in [1.82, 2.24) is 4.98 Å².